The molecule has 0 spiro atoms. The van der Waals surface area contributed by atoms with Crippen molar-refractivity contribution in [3.8, 4) is 5.75 Å². The SMILES string of the molecule is C.CCCCCCCCNc1nc(NCCCCCCCC)nc(Nc2ccc(OCC)cc2)n1. The van der Waals surface area contributed by atoms with Gasteiger partial charge in [-0.2, -0.15) is 15.0 Å². The van der Waals surface area contributed by atoms with Gasteiger partial charge in [-0.3, -0.25) is 0 Å². The van der Waals surface area contributed by atoms with Crippen LogP contribution in [-0.4, -0.2) is 34.6 Å². The van der Waals surface area contributed by atoms with Crippen molar-refractivity contribution in [3.63, 3.8) is 0 Å². The molecule has 0 amide bonds. The molecule has 0 radical (unpaired) electrons. The van der Waals surface area contributed by atoms with Crippen LogP contribution in [0, 0.1) is 0 Å². The Morgan fingerprint density at radius 3 is 1.54 bits per heavy atom. The van der Waals surface area contributed by atoms with E-state index in [0.29, 0.717) is 24.5 Å². The van der Waals surface area contributed by atoms with Crippen molar-refractivity contribution in [2.45, 2.75) is 105 Å². The molecule has 0 aliphatic heterocycles. The van der Waals surface area contributed by atoms with Gasteiger partial charge in [0.15, 0.2) is 0 Å². The topological polar surface area (TPSA) is 84.0 Å². The molecular formula is C28H50N6O. The van der Waals surface area contributed by atoms with Crippen LogP contribution >= 0.6 is 0 Å². The van der Waals surface area contributed by atoms with E-state index in [2.05, 4.69) is 44.7 Å². The smallest absolute Gasteiger partial charge is 0.233 e. The Morgan fingerprint density at radius 2 is 1.06 bits per heavy atom. The Bertz CT molecular complexity index is 732. The van der Waals surface area contributed by atoms with Gasteiger partial charge in [0.2, 0.25) is 17.8 Å². The first-order valence-corrected chi connectivity index (χ1v) is 13.5. The minimum Gasteiger partial charge on any atom is -0.494 e. The largest absolute Gasteiger partial charge is 0.494 e. The van der Waals surface area contributed by atoms with E-state index in [0.717, 1.165) is 37.4 Å². The zero-order valence-electron chi connectivity index (χ0n) is 21.7. The molecule has 7 nitrogen and oxygen atoms in total. The van der Waals surface area contributed by atoms with Crippen LogP contribution in [0.15, 0.2) is 24.3 Å². The summed E-state index contributed by atoms with van der Waals surface area (Å²) in [6.07, 6.45) is 15.2. The number of nitrogens with one attached hydrogen (secondary N) is 3. The molecule has 2 aromatic rings. The van der Waals surface area contributed by atoms with E-state index in [-0.39, 0.29) is 7.43 Å². The number of aromatic nitrogens is 3. The van der Waals surface area contributed by atoms with Crippen molar-refractivity contribution < 1.29 is 4.74 Å². The highest BCUT2D eigenvalue weighted by atomic mass is 16.5. The van der Waals surface area contributed by atoms with Crippen molar-refractivity contribution in [1.82, 2.24) is 15.0 Å². The zero-order valence-corrected chi connectivity index (χ0v) is 21.7. The van der Waals surface area contributed by atoms with E-state index in [1.165, 1.54) is 64.2 Å². The third kappa shape index (κ3) is 13.8. The molecule has 1 aromatic carbocycles. The molecule has 198 valence electrons. The maximum absolute atomic E-state index is 5.53. The van der Waals surface area contributed by atoms with Crippen molar-refractivity contribution in [2.24, 2.45) is 0 Å². The van der Waals surface area contributed by atoms with E-state index >= 15 is 0 Å². The van der Waals surface area contributed by atoms with Crippen molar-refractivity contribution >= 4 is 23.5 Å². The summed E-state index contributed by atoms with van der Waals surface area (Å²) in [7, 11) is 0. The van der Waals surface area contributed by atoms with Crippen molar-refractivity contribution in [1.29, 1.82) is 0 Å². The Labute approximate surface area is 214 Å². The van der Waals surface area contributed by atoms with Crippen LogP contribution in [0.4, 0.5) is 23.5 Å². The summed E-state index contributed by atoms with van der Waals surface area (Å²) in [6, 6.07) is 7.84. The number of nitrogens with zero attached hydrogens (tertiary/aromatic N) is 3. The summed E-state index contributed by atoms with van der Waals surface area (Å²) in [5, 5.41) is 10.1. The summed E-state index contributed by atoms with van der Waals surface area (Å²) >= 11 is 0. The minimum atomic E-state index is 0. The normalized spacial score (nSPS) is 10.5. The molecule has 1 heterocycles. The molecule has 0 saturated heterocycles. The molecule has 3 N–H and O–H groups in total. The van der Waals surface area contributed by atoms with Crippen LogP contribution in [0.5, 0.6) is 5.75 Å². The van der Waals surface area contributed by atoms with E-state index < -0.39 is 0 Å². The predicted molar refractivity (Wildman–Crippen MR) is 151 cm³/mol. The van der Waals surface area contributed by atoms with Gasteiger partial charge in [-0.15, -0.1) is 0 Å². The summed E-state index contributed by atoms with van der Waals surface area (Å²) in [5.74, 6) is 2.62. The highest BCUT2D eigenvalue weighted by Crippen LogP contribution is 2.20. The number of hydrogen-bond donors (Lipinski definition) is 3. The van der Waals surface area contributed by atoms with Gasteiger partial charge in [0, 0.05) is 18.8 Å². The summed E-state index contributed by atoms with van der Waals surface area (Å²) in [5.41, 5.74) is 0.915. The minimum absolute atomic E-state index is 0. The second-order valence-corrected chi connectivity index (χ2v) is 8.78. The molecule has 0 bridgehead atoms. The molecule has 0 atom stereocenters. The lowest BCUT2D eigenvalue weighted by Crippen LogP contribution is -2.12. The number of rotatable bonds is 20. The highest BCUT2D eigenvalue weighted by Gasteiger charge is 2.07. The van der Waals surface area contributed by atoms with Gasteiger partial charge < -0.3 is 20.7 Å². The van der Waals surface area contributed by atoms with Crippen molar-refractivity contribution in [2.75, 3.05) is 35.6 Å². The third-order valence-electron chi connectivity index (χ3n) is 5.68. The molecule has 0 unspecified atom stereocenters. The molecule has 0 aliphatic carbocycles. The molecular weight excluding hydrogens is 436 g/mol. The lowest BCUT2D eigenvalue weighted by Gasteiger charge is -2.12. The predicted octanol–water partition coefficient (Wildman–Crippen LogP) is 8.19. The van der Waals surface area contributed by atoms with Gasteiger partial charge in [0.05, 0.1) is 6.61 Å². The summed E-state index contributed by atoms with van der Waals surface area (Å²) in [4.78, 5) is 13.8. The Balaban J connectivity index is 0.00000612. The van der Waals surface area contributed by atoms with Crippen LogP contribution in [0.3, 0.4) is 0 Å². The molecule has 2 rings (SSSR count). The Morgan fingerprint density at radius 1 is 0.600 bits per heavy atom. The average molecular weight is 487 g/mol. The van der Waals surface area contributed by atoms with Crippen molar-refractivity contribution in [3.05, 3.63) is 24.3 Å². The number of hydrogen-bond acceptors (Lipinski definition) is 7. The molecule has 35 heavy (non-hydrogen) atoms. The monoisotopic (exact) mass is 486 g/mol. The maximum atomic E-state index is 5.53. The van der Waals surface area contributed by atoms with Crippen LogP contribution in [0.25, 0.3) is 0 Å². The fourth-order valence-electron chi connectivity index (χ4n) is 3.73. The second-order valence-electron chi connectivity index (χ2n) is 8.78. The standard InChI is InChI=1S/C27H46N6O.CH4/c1-4-7-9-11-13-15-21-28-25-31-26(29-22-16-14-12-10-8-5-2)33-27(32-25)30-23-17-19-24(20-18-23)34-6-3;/h17-20H,4-16,21-22H2,1-3H3,(H3,28,29,30,31,32,33);1H4. The lowest BCUT2D eigenvalue weighted by atomic mass is 10.1. The molecule has 0 fully saturated rings. The first kappa shape index (κ1) is 30.5. The van der Waals surface area contributed by atoms with E-state index in [9.17, 15) is 0 Å². The van der Waals surface area contributed by atoms with Crippen LogP contribution in [0.2, 0.25) is 0 Å². The number of unbranched alkanes of at least 4 members (excludes halogenated alkanes) is 10. The quantitative estimate of drug-likeness (QED) is 0.163. The molecule has 0 saturated carbocycles. The number of ether oxygens (including phenoxy) is 1. The lowest BCUT2D eigenvalue weighted by molar-refractivity contribution is 0.340. The van der Waals surface area contributed by atoms with Gasteiger partial charge in [-0.1, -0.05) is 85.5 Å². The van der Waals surface area contributed by atoms with Crippen LogP contribution in [0.1, 0.15) is 105 Å². The molecule has 7 heteroatoms. The van der Waals surface area contributed by atoms with E-state index in [1.807, 2.05) is 31.2 Å². The van der Waals surface area contributed by atoms with Gasteiger partial charge in [0.25, 0.3) is 0 Å². The van der Waals surface area contributed by atoms with Gasteiger partial charge in [-0.25, -0.2) is 0 Å². The van der Waals surface area contributed by atoms with Crippen LogP contribution < -0.4 is 20.7 Å². The number of benzene rings is 1. The number of anilines is 4. The van der Waals surface area contributed by atoms with E-state index in [4.69, 9.17) is 4.74 Å². The first-order valence-electron chi connectivity index (χ1n) is 13.5. The Kier molecular flexibility index (Phi) is 17.2. The zero-order chi connectivity index (χ0) is 24.3. The van der Waals surface area contributed by atoms with Gasteiger partial charge in [0.1, 0.15) is 5.75 Å². The summed E-state index contributed by atoms with van der Waals surface area (Å²) < 4.78 is 5.53. The Hall–Kier alpha value is -2.57. The maximum Gasteiger partial charge on any atom is 0.233 e. The first-order chi connectivity index (χ1) is 16.7. The second kappa shape index (κ2) is 19.7. The fraction of sp³-hybridized carbons (Fsp3) is 0.679. The molecule has 0 aliphatic rings. The average Bonchev–Trinajstić information content (AvgIpc) is 2.84. The highest BCUT2D eigenvalue weighted by molar-refractivity contribution is 5.56. The third-order valence-corrected chi connectivity index (χ3v) is 5.68. The van der Waals surface area contributed by atoms with Crippen LogP contribution in [-0.2, 0) is 0 Å². The van der Waals surface area contributed by atoms with Gasteiger partial charge in [-0.05, 0) is 44.0 Å². The fourth-order valence-corrected chi connectivity index (χ4v) is 3.73. The summed E-state index contributed by atoms with van der Waals surface area (Å²) in [6.45, 7) is 8.88. The van der Waals surface area contributed by atoms with E-state index in [1.54, 1.807) is 0 Å². The van der Waals surface area contributed by atoms with Gasteiger partial charge >= 0.3 is 0 Å². The molecule has 1 aromatic heterocycles.